The van der Waals surface area contributed by atoms with Crippen molar-refractivity contribution in [2.75, 3.05) is 5.75 Å². The van der Waals surface area contributed by atoms with Crippen molar-refractivity contribution in [3.8, 4) is 0 Å². The Kier molecular flexibility index (Phi) is 5.01. The second kappa shape index (κ2) is 6.13. The van der Waals surface area contributed by atoms with Gasteiger partial charge in [-0.05, 0) is 50.9 Å². The second-order valence-corrected chi connectivity index (χ2v) is 7.10. The van der Waals surface area contributed by atoms with Gasteiger partial charge >= 0.3 is 7.12 Å². The summed E-state index contributed by atoms with van der Waals surface area (Å²) in [5.41, 5.74) is 0.995. The van der Waals surface area contributed by atoms with Crippen molar-refractivity contribution in [1.82, 2.24) is 4.98 Å². The van der Waals surface area contributed by atoms with Gasteiger partial charge in [-0.1, -0.05) is 29.3 Å². The van der Waals surface area contributed by atoms with Crippen LogP contribution in [0, 0.1) is 0 Å². The minimum atomic E-state index is -0.432. The third kappa shape index (κ3) is 3.77. The van der Waals surface area contributed by atoms with E-state index in [-0.39, 0.29) is 11.2 Å². The van der Waals surface area contributed by atoms with E-state index in [1.54, 1.807) is 12.1 Å². The van der Waals surface area contributed by atoms with E-state index in [0.29, 0.717) is 16.1 Å². The summed E-state index contributed by atoms with van der Waals surface area (Å²) in [7, 11) is -0.432. The quantitative estimate of drug-likeness (QED) is 0.502. The van der Waals surface area contributed by atoms with Crippen molar-refractivity contribution in [2.45, 2.75) is 38.9 Å². The lowest BCUT2D eigenvalue weighted by Crippen LogP contribution is -2.41. The van der Waals surface area contributed by atoms with Crippen LogP contribution in [-0.4, -0.2) is 29.1 Å². The summed E-state index contributed by atoms with van der Waals surface area (Å²) in [5, 5.41) is 0.697. The number of halogens is 2. The largest absolute Gasteiger partial charge is 0.491 e. The van der Waals surface area contributed by atoms with Crippen molar-refractivity contribution in [2.24, 2.45) is 0 Å². The Labute approximate surface area is 141 Å². The topological polar surface area (TPSA) is 31.4 Å². The van der Waals surface area contributed by atoms with Crippen molar-refractivity contribution < 1.29 is 9.31 Å². The molecule has 1 aliphatic heterocycles. The summed E-state index contributed by atoms with van der Waals surface area (Å²) in [6, 6.07) is 3.48. The highest BCUT2D eigenvalue weighted by Crippen LogP contribution is 2.39. The van der Waals surface area contributed by atoms with Gasteiger partial charge in [0.1, 0.15) is 10.3 Å². The lowest BCUT2D eigenvalue weighted by atomic mass is 9.78. The lowest BCUT2D eigenvalue weighted by molar-refractivity contribution is 0.00578. The Morgan fingerprint density at radius 3 is 2.10 bits per heavy atom. The Hall–Kier alpha value is -0.195. The Morgan fingerprint density at radius 1 is 1.19 bits per heavy atom. The summed E-state index contributed by atoms with van der Waals surface area (Å²) in [5.74, 6) is 0.508. The number of rotatable bonds is 3. The van der Waals surface area contributed by atoms with Gasteiger partial charge in [0.25, 0.3) is 0 Å². The molecule has 0 unspecified atom stereocenters. The van der Waals surface area contributed by atoms with E-state index in [2.05, 4.69) is 17.6 Å². The monoisotopic (exact) mass is 345 g/mol. The summed E-state index contributed by atoms with van der Waals surface area (Å²) in [6.07, 6.45) is 1.93. The molecule has 2 heterocycles. The first kappa shape index (κ1) is 17.2. The number of nitrogens with zero attached hydrogens (tertiary/aromatic N) is 1. The van der Waals surface area contributed by atoms with Crippen LogP contribution in [0.1, 0.15) is 33.3 Å². The molecule has 1 aromatic rings. The van der Waals surface area contributed by atoms with Crippen LogP contribution >= 0.6 is 35.8 Å². The molecule has 3 nitrogen and oxygen atoms in total. The van der Waals surface area contributed by atoms with Crippen LogP contribution in [0.3, 0.4) is 0 Å². The van der Waals surface area contributed by atoms with Gasteiger partial charge in [0.05, 0.1) is 11.2 Å². The Bertz CT molecular complexity index is 542. The molecule has 2 rings (SSSR count). The van der Waals surface area contributed by atoms with Crippen LogP contribution < -0.4 is 0 Å². The van der Waals surface area contributed by atoms with E-state index in [0.717, 1.165) is 11.0 Å². The van der Waals surface area contributed by atoms with Crippen molar-refractivity contribution in [3.63, 3.8) is 0 Å². The molecule has 114 valence electrons. The molecule has 0 spiro atoms. The van der Waals surface area contributed by atoms with E-state index in [1.807, 2.05) is 33.8 Å². The number of thiol groups is 1. The van der Waals surface area contributed by atoms with E-state index in [1.165, 1.54) is 0 Å². The minimum Gasteiger partial charge on any atom is -0.400 e. The van der Waals surface area contributed by atoms with Crippen LogP contribution in [0.4, 0.5) is 0 Å². The molecular weight excluding hydrogens is 328 g/mol. The highest BCUT2D eigenvalue weighted by atomic mass is 35.5. The van der Waals surface area contributed by atoms with Gasteiger partial charge in [-0.3, -0.25) is 0 Å². The maximum atomic E-state index is 6.03. The zero-order valence-electron chi connectivity index (χ0n) is 12.5. The molecule has 1 aliphatic rings. The third-order valence-electron chi connectivity index (χ3n) is 3.88. The van der Waals surface area contributed by atoms with E-state index in [4.69, 9.17) is 32.5 Å². The van der Waals surface area contributed by atoms with Crippen molar-refractivity contribution in [1.29, 1.82) is 0 Å². The first-order valence-corrected chi connectivity index (χ1v) is 8.03. The zero-order chi connectivity index (χ0) is 15.8. The molecule has 0 saturated carbocycles. The maximum Gasteiger partial charge on any atom is 0.491 e. The molecular formula is C14H18BCl2NO2S. The SMILES string of the molecule is CC1(C)OB(C(=Cc2cc(Cl)nc(Cl)c2)CS)OC1(C)C. The summed E-state index contributed by atoms with van der Waals surface area (Å²) >= 11 is 16.2. The van der Waals surface area contributed by atoms with Gasteiger partial charge in [-0.25, -0.2) is 4.98 Å². The van der Waals surface area contributed by atoms with Gasteiger partial charge in [0.15, 0.2) is 0 Å². The van der Waals surface area contributed by atoms with Crippen LogP contribution in [0.25, 0.3) is 6.08 Å². The van der Waals surface area contributed by atoms with Crippen LogP contribution in [0.5, 0.6) is 0 Å². The third-order valence-corrected chi connectivity index (χ3v) is 4.63. The molecule has 0 aliphatic carbocycles. The number of aromatic nitrogens is 1. The maximum absolute atomic E-state index is 6.03. The molecule has 7 heteroatoms. The second-order valence-electron chi connectivity index (χ2n) is 6.01. The van der Waals surface area contributed by atoms with Crippen LogP contribution in [0.15, 0.2) is 17.6 Å². The fourth-order valence-corrected chi connectivity index (χ4v) is 2.68. The highest BCUT2D eigenvalue weighted by molar-refractivity contribution is 7.80. The lowest BCUT2D eigenvalue weighted by Gasteiger charge is -2.32. The van der Waals surface area contributed by atoms with Gasteiger partial charge in [0.2, 0.25) is 0 Å². The molecule has 0 N–H and O–H groups in total. The first-order valence-electron chi connectivity index (χ1n) is 6.65. The molecule has 21 heavy (non-hydrogen) atoms. The molecule has 1 saturated heterocycles. The summed E-state index contributed by atoms with van der Waals surface area (Å²) < 4.78 is 12.1. The molecule has 0 radical (unpaired) electrons. The molecule has 0 amide bonds. The Morgan fingerprint density at radius 2 is 1.67 bits per heavy atom. The van der Waals surface area contributed by atoms with E-state index >= 15 is 0 Å². The zero-order valence-corrected chi connectivity index (χ0v) is 14.9. The molecule has 1 fully saturated rings. The smallest absolute Gasteiger partial charge is 0.400 e. The predicted molar refractivity (Wildman–Crippen MR) is 92.2 cm³/mol. The van der Waals surface area contributed by atoms with Gasteiger partial charge < -0.3 is 9.31 Å². The molecule has 1 aromatic heterocycles. The molecule has 0 atom stereocenters. The Balaban J connectivity index is 2.30. The van der Waals surface area contributed by atoms with Gasteiger partial charge in [-0.2, -0.15) is 12.6 Å². The van der Waals surface area contributed by atoms with Crippen molar-refractivity contribution in [3.05, 3.63) is 33.5 Å². The fraction of sp³-hybridized carbons (Fsp3) is 0.500. The fourth-order valence-electron chi connectivity index (χ4n) is 1.96. The summed E-state index contributed by atoms with van der Waals surface area (Å²) in [6.45, 7) is 8.07. The predicted octanol–water partition coefficient (Wildman–Crippen LogP) is 4.33. The van der Waals surface area contributed by atoms with E-state index < -0.39 is 7.12 Å². The average Bonchev–Trinajstić information content (AvgIpc) is 2.54. The van der Waals surface area contributed by atoms with Crippen LogP contribution in [-0.2, 0) is 9.31 Å². The van der Waals surface area contributed by atoms with Gasteiger partial charge in [0, 0.05) is 5.75 Å². The van der Waals surface area contributed by atoms with Gasteiger partial charge in [-0.15, -0.1) is 0 Å². The number of hydrogen-bond donors (Lipinski definition) is 1. The average molecular weight is 346 g/mol. The van der Waals surface area contributed by atoms with E-state index in [9.17, 15) is 0 Å². The number of hydrogen-bond acceptors (Lipinski definition) is 4. The first-order chi connectivity index (χ1) is 9.64. The number of pyridine rings is 1. The standard InChI is InChI=1S/C14H18BCl2NO2S/c1-13(2)14(3,4)20-15(19-13)10(8-21)5-9-6-11(16)18-12(17)7-9/h5-7,21H,8H2,1-4H3. The minimum absolute atomic E-state index is 0.348. The highest BCUT2D eigenvalue weighted by Gasteiger charge is 2.52. The van der Waals surface area contributed by atoms with Crippen molar-refractivity contribution >= 4 is 49.0 Å². The van der Waals surface area contributed by atoms with Crippen LogP contribution in [0.2, 0.25) is 10.3 Å². The normalized spacial score (nSPS) is 20.9. The summed E-state index contributed by atoms with van der Waals surface area (Å²) in [4.78, 5) is 3.93. The molecule has 0 bridgehead atoms. The molecule has 0 aromatic carbocycles.